The molecule has 0 saturated carbocycles. The normalized spacial score (nSPS) is 10.1. The minimum absolute atomic E-state index is 0.220. The Morgan fingerprint density at radius 2 is 1.68 bits per heavy atom. The number of hydrogen-bond donors (Lipinski definition) is 1. The number of benzene rings is 2. The van der Waals surface area contributed by atoms with E-state index in [2.05, 4.69) is 5.32 Å². The highest BCUT2D eigenvalue weighted by Gasteiger charge is 2.14. The van der Waals surface area contributed by atoms with Gasteiger partial charge in [-0.1, -0.05) is 17.7 Å². The van der Waals surface area contributed by atoms with Crippen molar-refractivity contribution in [3.8, 4) is 11.5 Å². The van der Waals surface area contributed by atoms with Gasteiger partial charge in [0.1, 0.15) is 11.5 Å². The van der Waals surface area contributed by atoms with E-state index in [4.69, 9.17) is 25.8 Å². The number of anilines is 1. The second-order valence-corrected chi connectivity index (χ2v) is 5.62. The molecule has 0 spiro atoms. The maximum Gasteiger partial charge on any atom is 0.338 e. The van der Waals surface area contributed by atoms with Gasteiger partial charge in [0.25, 0.3) is 5.91 Å². The molecule has 0 aromatic heterocycles. The van der Waals surface area contributed by atoms with Gasteiger partial charge in [0.05, 0.1) is 30.5 Å². The van der Waals surface area contributed by atoms with Gasteiger partial charge in [0.15, 0.2) is 6.61 Å². The van der Waals surface area contributed by atoms with Gasteiger partial charge >= 0.3 is 5.97 Å². The summed E-state index contributed by atoms with van der Waals surface area (Å²) in [6.07, 6.45) is 0. The topological polar surface area (TPSA) is 73.9 Å². The summed E-state index contributed by atoms with van der Waals surface area (Å²) in [6.45, 7) is 1.45. The van der Waals surface area contributed by atoms with Gasteiger partial charge in [-0.05, 0) is 36.8 Å². The van der Waals surface area contributed by atoms with Gasteiger partial charge in [0, 0.05) is 6.07 Å². The van der Waals surface area contributed by atoms with Crippen molar-refractivity contribution in [3.63, 3.8) is 0 Å². The summed E-state index contributed by atoms with van der Waals surface area (Å²) in [5, 5.41) is 3.01. The third-order valence-electron chi connectivity index (χ3n) is 3.32. The minimum Gasteiger partial charge on any atom is -0.497 e. The van der Waals surface area contributed by atoms with Crippen molar-refractivity contribution < 1.29 is 23.8 Å². The monoisotopic (exact) mass is 363 g/mol. The Bertz CT molecular complexity index is 769. The van der Waals surface area contributed by atoms with E-state index in [1.807, 2.05) is 13.0 Å². The van der Waals surface area contributed by atoms with Crippen LogP contribution < -0.4 is 14.8 Å². The third kappa shape index (κ3) is 5.12. The number of ether oxygens (including phenoxy) is 3. The smallest absolute Gasteiger partial charge is 0.338 e. The molecule has 0 aliphatic carbocycles. The van der Waals surface area contributed by atoms with E-state index in [0.717, 1.165) is 5.56 Å². The van der Waals surface area contributed by atoms with Crippen molar-refractivity contribution in [2.75, 3.05) is 26.1 Å². The van der Waals surface area contributed by atoms with Crippen LogP contribution in [-0.4, -0.2) is 32.7 Å². The molecule has 2 aromatic carbocycles. The molecular formula is C18H18ClNO5. The average Bonchev–Trinajstić information content (AvgIpc) is 2.61. The van der Waals surface area contributed by atoms with Crippen LogP contribution in [0, 0.1) is 6.92 Å². The van der Waals surface area contributed by atoms with Crippen molar-refractivity contribution in [1.29, 1.82) is 0 Å². The zero-order valence-corrected chi connectivity index (χ0v) is 14.8. The minimum atomic E-state index is -0.664. The molecule has 1 N–H and O–H groups in total. The van der Waals surface area contributed by atoms with E-state index in [9.17, 15) is 9.59 Å². The Morgan fingerprint density at radius 3 is 2.24 bits per heavy atom. The van der Waals surface area contributed by atoms with E-state index in [1.54, 1.807) is 18.2 Å². The van der Waals surface area contributed by atoms with Crippen LogP contribution in [0.4, 0.5) is 5.69 Å². The van der Waals surface area contributed by atoms with Crippen molar-refractivity contribution in [1.82, 2.24) is 0 Å². The van der Waals surface area contributed by atoms with E-state index in [0.29, 0.717) is 22.2 Å². The first kappa shape index (κ1) is 18.6. The Morgan fingerprint density at radius 1 is 1.04 bits per heavy atom. The number of carbonyl (C=O) groups is 2. The number of methoxy groups -OCH3 is 2. The zero-order valence-electron chi connectivity index (χ0n) is 14.1. The summed E-state index contributed by atoms with van der Waals surface area (Å²) in [5.41, 5.74) is 1.65. The van der Waals surface area contributed by atoms with Crippen molar-refractivity contribution >= 4 is 29.2 Å². The lowest BCUT2D eigenvalue weighted by atomic mass is 10.2. The van der Waals surface area contributed by atoms with E-state index < -0.39 is 18.5 Å². The SMILES string of the molecule is COc1cc(OC)cc(C(=O)OCC(=O)Nc2ccc(C)cc2Cl)c1. The summed E-state index contributed by atoms with van der Waals surface area (Å²) >= 11 is 6.05. The van der Waals surface area contributed by atoms with Crippen LogP contribution in [0.25, 0.3) is 0 Å². The molecule has 6 nitrogen and oxygen atoms in total. The standard InChI is InChI=1S/C18H18ClNO5/c1-11-4-5-16(15(19)6-11)20-17(21)10-25-18(22)12-7-13(23-2)9-14(8-12)24-3/h4-9H,10H2,1-3H3,(H,20,21). The predicted octanol–water partition coefficient (Wildman–Crippen LogP) is 3.46. The molecule has 0 aliphatic rings. The quantitative estimate of drug-likeness (QED) is 0.795. The molecule has 0 heterocycles. The molecule has 0 aliphatic heterocycles. The first-order valence-corrected chi connectivity index (χ1v) is 7.77. The van der Waals surface area contributed by atoms with E-state index >= 15 is 0 Å². The number of rotatable bonds is 6. The number of hydrogen-bond acceptors (Lipinski definition) is 5. The number of carbonyl (C=O) groups excluding carboxylic acids is 2. The Labute approximate surface area is 150 Å². The fraction of sp³-hybridized carbons (Fsp3) is 0.222. The summed E-state index contributed by atoms with van der Waals surface area (Å²) in [4.78, 5) is 24.0. The second-order valence-electron chi connectivity index (χ2n) is 5.21. The number of nitrogens with one attached hydrogen (secondary N) is 1. The summed E-state index contributed by atoms with van der Waals surface area (Å²) in [6, 6.07) is 9.86. The number of aryl methyl sites for hydroxylation is 1. The molecule has 2 aromatic rings. The fourth-order valence-corrected chi connectivity index (χ4v) is 2.33. The lowest BCUT2D eigenvalue weighted by Gasteiger charge is -2.10. The van der Waals surface area contributed by atoms with Crippen molar-refractivity contribution in [2.45, 2.75) is 6.92 Å². The van der Waals surface area contributed by atoms with Crippen LogP contribution in [0.15, 0.2) is 36.4 Å². The molecule has 1 amide bonds. The highest BCUT2D eigenvalue weighted by atomic mass is 35.5. The second kappa shape index (κ2) is 8.39. The summed E-state index contributed by atoms with van der Waals surface area (Å²) in [5.74, 6) is -0.263. The van der Waals surface area contributed by atoms with E-state index in [-0.39, 0.29) is 5.56 Å². The number of amides is 1. The van der Waals surface area contributed by atoms with E-state index in [1.165, 1.54) is 26.4 Å². The molecule has 0 unspecified atom stereocenters. The van der Waals surface area contributed by atoms with Gasteiger partial charge in [-0.3, -0.25) is 4.79 Å². The van der Waals surface area contributed by atoms with Gasteiger partial charge in [-0.2, -0.15) is 0 Å². The van der Waals surface area contributed by atoms with Gasteiger partial charge in [-0.25, -0.2) is 4.79 Å². The van der Waals surface area contributed by atoms with Gasteiger partial charge in [0.2, 0.25) is 0 Å². The van der Waals surface area contributed by atoms with Crippen LogP contribution in [0.3, 0.4) is 0 Å². The van der Waals surface area contributed by atoms with Crippen molar-refractivity contribution in [3.05, 3.63) is 52.5 Å². The van der Waals surface area contributed by atoms with Gasteiger partial charge < -0.3 is 19.5 Å². The maximum atomic E-state index is 12.1. The highest BCUT2D eigenvalue weighted by Crippen LogP contribution is 2.24. The molecular weight excluding hydrogens is 346 g/mol. The highest BCUT2D eigenvalue weighted by molar-refractivity contribution is 6.33. The Balaban J connectivity index is 1.98. The first-order valence-electron chi connectivity index (χ1n) is 7.39. The summed E-state index contributed by atoms with van der Waals surface area (Å²) in [7, 11) is 2.95. The van der Waals surface area contributed by atoms with Crippen molar-refractivity contribution in [2.24, 2.45) is 0 Å². The fourth-order valence-electron chi connectivity index (χ4n) is 2.05. The lowest BCUT2D eigenvalue weighted by Crippen LogP contribution is -2.21. The Hall–Kier alpha value is -2.73. The molecule has 7 heteroatoms. The molecule has 0 saturated heterocycles. The predicted molar refractivity (Wildman–Crippen MR) is 94.6 cm³/mol. The lowest BCUT2D eigenvalue weighted by molar-refractivity contribution is -0.119. The zero-order chi connectivity index (χ0) is 18.4. The summed E-state index contributed by atoms with van der Waals surface area (Å²) < 4.78 is 15.2. The molecule has 0 atom stereocenters. The largest absolute Gasteiger partial charge is 0.497 e. The van der Waals surface area contributed by atoms with Gasteiger partial charge in [-0.15, -0.1) is 0 Å². The van der Waals surface area contributed by atoms with Crippen LogP contribution >= 0.6 is 11.6 Å². The average molecular weight is 364 g/mol. The molecule has 25 heavy (non-hydrogen) atoms. The molecule has 0 radical (unpaired) electrons. The number of esters is 1. The molecule has 2 rings (SSSR count). The van der Waals surface area contributed by atoms with Crippen LogP contribution in [0.1, 0.15) is 15.9 Å². The molecule has 0 fully saturated rings. The van der Waals surface area contributed by atoms with Crippen LogP contribution in [0.2, 0.25) is 5.02 Å². The third-order valence-corrected chi connectivity index (χ3v) is 3.63. The maximum absolute atomic E-state index is 12.1. The van der Waals surface area contributed by atoms with Crippen LogP contribution in [-0.2, 0) is 9.53 Å². The first-order chi connectivity index (χ1) is 11.9. The Kier molecular flexibility index (Phi) is 6.25. The molecule has 0 bridgehead atoms. The van der Waals surface area contributed by atoms with Crippen LogP contribution in [0.5, 0.6) is 11.5 Å². The number of halogens is 1. The molecule has 132 valence electrons.